The van der Waals surface area contributed by atoms with Crippen molar-refractivity contribution in [3.8, 4) is 0 Å². The van der Waals surface area contributed by atoms with Crippen LogP contribution in [0, 0.1) is 0 Å². The first-order chi connectivity index (χ1) is 10.4. The summed E-state index contributed by atoms with van der Waals surface area (Å²) in [5.74, 6) is 0.461. The van der Waals surface area contributed by atoms with Crippen LogP contribution in [0.25, 0.3) is 0 Å². The number of carbonyl (C=O) groups excluding carboxylic acids is 1. The predicted octanol–water partition coefficient (Wildman–Crippen LogP) is 2.83. The second-order valence-corrected chi connectivity index (χ2v) is 7.97. The number of halogens is 1. The highest BCUT2D eigenvalue weighted by molar-refractivity contribution is 7.84. The maximum atomic E-state index is 12.0. The molecule has 1 saturated carbocycles. The third-order valence-corrected chi connectivity index (χ3v) is 5.50. The highest BCUT2D eigenvalue weighted by Gasteiger charge is 2.40. The minimum atomic E-state index is -0.916. The summed E-state index contributed by atoms with van der Waals surface area (Å²) in [7, 11) is -0.916. The fourth-order valence-corrected chi connectivity index (χ4v) is 4.08. The van der Waals surface area contributed by atoms with Crippen molar-refractivity contribution >= 4 is 28.4 Å². The van der Waals surface area contributed by atoms with Gasteiger partial charge in [-0.05, 0) is 31.4 Å². The molecule has 0 aliphatic heterocycles. The van der Waals surface area contributed by atoms with E-state index in [-0.39, 0.29) is 17.5 Å². The van der Waals surface area contributed by atoms with Gasteiger partial charge in [0.15, 0.2) is 0 Å². The Hall–Kier alpha value is -1.07. The van der Waals surface area contributed by atoms with E-state index in [4.69, 9.17) is 11.6 Å². The van der Waals surface area contributed by atoms with Gasteiger partial charge in [-0.2, -0.15) is 0 Å². The zero-order chi connectivity index (χ0) is 16.2. The molecular weight excluding hydrogens is 320 g/mol. The van der Waals surface area contributed by atoms with Crippen LogP contribution in [0.15, 0.2) is 24.3 Å². The van der Waals surface area contributed by atoms with Crippen molar-refractivity contribution in [1.82, 2.24) is 10.6 Å². The van der Waals surface area contributed by atoms with Crippen molar-refractivity contribution in [3.63, 3.8) is 0 Å². The maximum Gasteiger partial charge on any atom is 0.315 e. The van der Waals surface area contributed by atoms with Gasteiger partial charge in [-0.3, -0.25) is 4.21 Å². The topological polar surface area (TPSA) is 58.2 Å². The van der Waals surface area contributed by atoms with Gasteiger partial charge in [-0.15, -0.1) is 0 Å². The zero-order valence-electron chi connectivity index (χ0n) is 13.0. The first-order valence-electron chi connectivity index (χ1n) is 7.52. The van der Waals surface area contributed by atoms with Crippen LogP contribution in [0.4, 0.5) is 4.79 Å². The van der Waals surface area contributed by atoms with Crippen LogP contribution in [0.3, 0.4) is 0 Å². The molecule has 0 unspecified atom stereocenters. The molecule has 4 nitrogen and oxygen atoms in total. The van der Waals surface area contributed by atoms with E-state index < -0.39 is 10.8 Å². The molecule has 0 spiro atoms. The minimum absolute atomic E-state index is 0.0491. The van der Waals surface area contributed by atoms with Crippen molar-refractivity contribution in [3.05, 3.63) is 34.9 Å². The molecular formula is C16H23ClN2O2S. The Bertz CT molecular complexity index is 561. The van der Waals surface area contributed by atoms with Gasteiger partial charge in [0.1, 0.15) is 0 Å². The number of benzene rings is 1. The van der Waals surface area contributed by atoms with Crippen LogP contribution in [-0.4, -0.2) is 34.8 Å². The van der Waals surface area contributed by atoms with Gasteiger partial charge in [0.25, 0.3) is 0 Å². The minimum Gasteiger partial charge on any atom is -0.337 e. The number of carbonyl (C=O) groups is 1. The van der Waals surface area contributed by atoms with Gasteiger partial charge in [0.2, 0.25) is 0 Å². The number of amides is 2. The lowest BCUT2D eigenvalue weighted by Crippen LogP contribution is -2.50. The van der Waals surface area contributed by atoms with E-state index in [1.165, 1.54) is 0 Å². The zero-order valence-corrected chi connectivity index (χ0v) is 14.6. The quantitative estimate of drug-likeness (QED) is 0.835. The molecule has 1 aliphatic rings. The Balaban J connectivity index is 1.93. The number of hydrogen-bond donors (Lipinski definition) is 2. The molecule has 1 fully saturated rings. The molecule has 6 heteroatoms. The summed E-state index contributed by atoms with van der Waals surface area (Å²) >= 11 is 6.32. The van der Waals surface area contributed by atoms with Crippen molar-refractivity contribution in [1.29, 1.82) is 0 Å². The Morgan fingerprint density at radius 2 is 2.09 bits per heavy atom. The van der Waals surface area contributed by atoms with Crippen LogP contribution in [-0.2, 0) is 16.2 Å². The summed E-state index contributed by atoms with van der Waals surface area (Å²) < 4.78 is 11.2. The average molecular weight is 343 g/mol. The number of urea groups is 1. The van der Waals surface area contributed by atoms with Gasteiger partial charge in [-0.1, -0.05) is 36.2 Å². The molecule has 1 aromatic carbocycles. The van der Waals surface area contributed by atoms with Crippen molar-refractivity contribution in [2.45, 2.75) is 37.6 Å². The lowest BCUT2D eigenvalue weighted by Gasteiger charge is -2.43. The molecule has 1 aliphatic carbocycles. The fraction of sp³-hybridized carbons (Fsp3) is 0.562. The first-order valence-corrected chi connectivity index (χ1v) is 9.63. The van der Waals surface area contributed by atoms with Gasteiger partial charge >= 0.3 is 6.03 Å². The number of rotatable bonds is 6. The Morgan fingerprint density at radius 1 is 1.41 bits per heavy atom. The molecule has 0 aromatic heterocycles. The number of nitrogens with one attached hydrogen (secondary N) is 2. The summed E-state index contributed by atoms with van der Waals surface area (Å²) in [5.41, 5.74) is 1.07. The average Bonchev–Trinajstić information content (AvgIpc) is 2.38. The summed E-state index contributed by atoms with van der Waals surface area (Å²) in [6.07, 6.45) is 4.85. The fourth-order valence-electron chi connectivity index (χ4n) is 2.95. The third-order valence-electron chi connectivity index (χ3n) is 4.21. The largest absolute Gasteiger partial charge is 0.337 e. The van der Waals surface area contributed by atoms with Crippen LogP contribution in [0.1, 0.15) is 31.7 Å². The predicted molar refractivity (Wildman–Crippen MR) is 91.9 cm³/mol. The van der Waals surface area contributed by atoms with Crippen LogP contribution < -0.4 is 10.6 Å². The lowest BCUT2D eigenvalue weighted by atomic mass is 9.64. The highest BCUT2D eigenvalue weighted by atomic mass is 35.5. The van der Waals surface area contributed by atoms with Gasteiger partial charge in [0, 0.05) is 45.8 Å². The Morgan fingerprint density at radius 3 is 2.64 bits per heavy atom. The van der Waals surface area contributed by atoms with Gasteiger partial charge < -0.3 is 10.6 Å². The smallest absolute Gasteiger partial charge is 0.315 e. The molecule has 0 heterocycles. The van der Waals surface area contributed by atoms with E-state index in [9.17, 15) is 9.00 Å². The molecule has 2 N–H and O–H groups in total. The summed E-state index contributed by atoms with van der Waals surface area (Å²) in [4.78, 5) is 12.0. The summed E-state index contributed by atoms with van der Waals surface area (Å²) in [5, 5.41) is 6.53. The Labute approximate surface area is 139 Å². The maximum absolute atomic E-state index is 12.0. The standard InChI is InChI=1S/C16H23ClN2O2S/c1-12(10-22(2)21)19-15(20)18-11-16(8-5-9-16)13-6-3-4-7-14(13)17/h3-4,6-7,12H,5,8-11H2,1-2H3,(H2,18,19,20)/t12-,22+/m1/s1. The highest BCUT2D eigenvalue weighted by Crippen LogP contribution is 2.45. The van der Waals surface area contributed by atoms with Crippen LogP contribution >= 0.6 is 11.6 Å². The first kappa shape index (κ1) is 17.3. The van der Waals surface area contributed by atoms with E-state index >= 15 is 0 Å². The normalized spacial score (nSPS) is 18.9. The Kier molecular flexibility index (Phi) is 5.87. The van der Waals surface area contributed by atoms with Crippen LogP contribution in [0.2, 0.25) is 5.02 Å². The summed E-state index contributed by atoms with van der Waals surface area (Å²) in [6.45, 7) is 2.43. The van der Waals surface area contributed by atoms with Crippen molar-refractivity contribution in [2.75, 3.05) is 18.6 Å². The monoisotopic (exact) mass is 342 g/mol. The molecule has 1 aromatic rings. The molecule has 0 saturated heterocycles. The van der Waals surface area contributed by atoms with E-state index in [0.29, 0.717) is 12.3 Å². The van der Waals surface area contributed by atoms with E-state index in [2.05, 4.69) is 10.6 Å². The molecule has 0 bridgehead atoms. The SMILES string of the molecule is C[C@H](C[S@](C)=O)NC(=O)NCC1(c2ccccc2Cl)CCC1. The van der Waals surface area contributed by atoms with E-state index in [0.717, 1.165) is 29.8 Å². The molecule has 2 rings (SSSR count). The molecule has 2 atom stereocenters. The second-order valence-electron chi connectivity index (χ2n) is 6.08. The van der Waals surface area contributed by atoms with Gasteiger partial charge in [-0.25, -0.2) is 4.79 Å². The lowest BCUT2D eigenvalue weighted by molar-refractivity contribution is 0.213. The summed E-state index contributed by atoms with van der Waals surface area (Å²) in [6, 6.07) is 7.53. The molecule has 122 valence electrons. The molecule has 2 amide bonds. The van der Waals surface area contributed by atoms with Crippen molar-refractivity contribution in [2.24, 2.45) is 0 Å². The number of hydrogen-bond acceptors (Lipinski definition) is 2. The second kappa shape index (κ2) is 7.47. The van der Waals surface area contributed by atoms with E-state index in [1.807, 2.05) is 31.2 Å². The van der Waals surface area contributed by atoms with E-state index in [1.54, 1.807) is 6.26 Å². The van der Waals surface area contributed by atoms with Crippen molar-refractivity contribution < 1.29 is 9.00 Å². The molecule has 22 heavy (non-hydrogen) atoms. The van der Waals surface area contributed by atoms with Crippen LogP contribution in [0.5, 0.6) is 0 Å². The van der Waals surface area contributed by atoms with Gasteiger partial charge in [0.05, 0.1) is 0 Å². The third kappa shape index (κ3) is 4.23. The molecule has 0 radical (unpaired) electrons.